The quantitative estimate of drug-likeness (QED) is 0.617. The van der Waals surface area contributed by atoms with Gasteiger partial charge in [0.25, 0.3) is 0 Å². The van der Waals surface area contributed by atoms with Crippen LogP contribution in [0.2, 0.25) is 5.02 Å². The number of aromatic nitrogens is 2. The Morgan fingerprint density at radius 2 is 1.93 bits per heavy atom. The lowest BCUT2D eigenvalue weighted by Crippen LogP contribution is -2.24. The van der Waals surface area contributed by atoms with Gasteiger partial charge >= 0.3 is 6.18 Å². The zero-order valence-corrected chi connectivity index (χ0v) is 15.0. The molecule has 0 aliphatic carbocycles. The molecule has 144 valence electrons. The molecule has 0 radical (unpaired) electrons. The van der Waals surface area contributed by atoms with E-state index in [4.69, 9.17) is 16.1 Å². The van der Waals surface area contributed by atoms with Crippen LogP contribution in [0, 0.1) is 0 Å². The van der Waals surface area contributed by atoms with Crippen molar-refractivity contribution in [1.82, 2.24) is 10.1 Å². The van der Waals surface area contributed by atoms with E-state index >= 15 is 0 Å². The number of hydrogen-bond acceptors (Lipinski definition) is 4. The Morgan fingerprint density at radius 3 is 2.68 bits per heavy atom. The molecule has 5 nitrogen and oxygen atoms in total. The third-order valence-corrected chi connectivity index (χ3v) is 4.72. The van der Waals surface area contributed by atoms with E-state index in [2.05, 4.69) is 10.1 Å². The molecular weight excluding hydrogens is 395 g/mol. The van der Waals surface area contributed by atoms with Crippen LogP contribution in [0.5, 0.6) is 0 Å². The molecule has 0 unspecified atom stereocenters. The summed E-state index contributed by atoms with van der Waals surface area (Å²) in [6.45, 7) is 0.323. The summed E-state index contributed by atoms with van der Waals surface area (Å²) < 4.78 is 43.9. The van der Waals surface area contributed by atoms with Crippen LogP contribution in [0.1, 0.15) is 23.8 Å². The number of alkyl halides is 3. The molecule has 1 aliphatic heterocycles. The first kappa shape index (κ1) is 18.5. The zero-order valence-electron chi connectivity index (χ0n) is 14.3. The van der Waals surface area contributed by atoms with Crippen LogP contribution < -0.4 is 4.90 Å². The zero-order chi connectivity index (χ0) is 19.9. The molecule has 0 N–H and O–H groups in total. The van der Waals surface area contributed by atoms with Crippen molar-refractivity contribution in [3.8, 4) is 11.4 Å². The van der Waals surface area contributed by atoms with Crippen LogP contribution in [0.15, 0.2) is 53.1 Å². The monoisotopic (exact) mass is 407 g/mol. The van der Waals surface area contributed by atoms with E-state index in [-0.39, 0.29) is 35.5 Å². The van der Waals surface area contributed by atoms with E-state index in [1.807, 2.05) is 0 Å². The first-order valence-corrected chi connectivity index (χ1v) is 8.76. The first-order chi connectivity index (χ1) is 13.3. The van der Waals surface area contributed by atoms with Crippen molar-refractivity contribution in [2.24, 2.45) is 0 Å². The van der Waals surface area contributed by atoms with Crippen molar-refractivity contribution in [2.75, 3.05) is 11.4 Å². The highest BCUT2D eigenvalue weighted by atomic mass is 35.5. The van der Waals surface area contributed by atoms with Crippen LogP contribution in [-0.4, -0.2) is 22.6 Å². The maximum absolute atomic E-state index is 12.9. The van der Waals surface area contributed by atoms with Crippen molar-refractivity contribution in [3.05, 3.63) is 65.0 Å². The lowest BCUT2D eigenvalue weighted by Gasteiger charge is -2.16. The Morgan fingerprint density at radius 1 is 1.14 bits per heavy atom. The highest BCUT2D eigenvalue weighted by molar-refractivity contribution is 6.30. The molecule has 0 spiro atoms. The van der Waals surface area contributed by atoms with Crippen LogP contribution >= 0.6 is 11.6 Å². The highest BCUT2D eigenvalue weighted by Gasteiger charge is 2.35. The molecule has 0 saturated carbocycles. The number of nitrogens with zero attached hydrogens (tertiary/aromatic N) is 3. The summed E-state index contributed by atoms with van der Waals surface area (Å²) in [5, 5.41) is 4.30. The standard InChI is InChI=1S/C19H13ClF3N3O2/c20-14-5-2-6-15(9-14)26-10-12(8-16(26)27)18-24-17(25-28-18)11-3-1-4-13(7-11)19(21,22)23/h1-7,9,12H,8,10H2/t12-/m1/s1. The van der Waals surface area contributed by atoms with Gasteiger partial charge < -0.3 is 9.42 Å². The van der Waals surface area contributed by atoms with Gasteiger partial charge in [0, 0.05) is 29.2 Å². The normalized spacial score (nSPS) is 17.4. The van der Waals surface area contributed by atoms with Crippen molar-refractivity contribution in [3.63, 3.8) is 0 Å². The lowest BCUT2D eigenvalue weighted by atomic mass is 10.1. The molecule has 1 amide bonds. The smallest absolute Gasteiger partial charge is 0.339 e. The number of carbonyl (C=O) groups excluding carboxylic acids is 1. The Bertz CT molecular complexity index is 1040. The number of anilines is 1. The Kier molecular flexibility index (Phi) is 4.58. The fourth-order valence-electron chi connectivity index (χ4n) is 3.12. The van der Waals surface area contributed by atoms with E-state index < -0.39 is 11.7 Å². The minimum atomic E-state index is -4.46. The molecule has 1 saturated heterocycles. The Hall–Kier alpha value is -2.87. The lowest BCUT2D eigenvalue weighted by molar-refractivity contribution is -0.137. The minimum Gasteiger partial charge on any atom is -0.339 e. The SMILES string of the molecule is O=C1C[C@@H](c2nc(-c3cccc(C(F)(F)F)c3)no2)CN1c1cccc(Cl)c1. The van der Waals surface area contributed by atoms with Crippen LogP contribution in [-0.2, 0) is 11.0 Å². The van der Waals surface area contributed by atoms with E-state index in [1.165, 1.54) is 12.1 Å². The van der Waals surface area contributed by atoms with Crippen LogP contribution in [0.25, 0.3) is 11.4 Å². The second-order valence-corrected chi connectivity index (χ2v) is 6.86. The fourth-order valence-corrected chi connectivity index (χ4v) is 3.30. The van der Waals surface area contributed by atoms with Gasteiger partial charge in [-0.05, 0) is 30.3 Å². The molecule has 1 atom stereocenters. The number of rotatable bonds is 3. The number of benzene rings is 2. The Labute approximate surface area is 162 Å². The molecule has 0 bridgehead atoms. The van der Waals surface area contributed by atoms with Gasteiger partial charge in [-0.1, -0.05) is 35.0 Å². The van der Waals surface area contributed by atoms with Gasteiger partial charge in [0.15, 0.2) is 0 Å². The second kappa shape index (κ2) is 6.94. The Balaban J connectivity index is 1.56. The average molecular weight is 408 g/mol. The minimum absolute atomic E-state index is 0.0507. The largest absolute Gasteiger partial charge is 0.416 e. The van der Waals surface area contributed by atoms with Crippen molar-refractivity contribution in [1.29, 1.82) is 0 Å². The number of halogens is 4. The molecule has 9 heteroatoms. The summed E-state index contributed by atoms with van der Waals surface area (Å²) >= 11 is 5.98. The van der Waals surface area contributed by atoms with Gasteiger partial charge in [-0.25, -0.2) is 0 Å². The van der Waals surface area contributed by atoms with E-state index in [9.17, 15) is 18.0 Å². The molecule has 2 aromatic carbocycles. The molecule has 28 heavy (non-hydrogen) atoms. The third-order valence-electron chi connectivity index (χ3n) is 4.48. The maximum atomic E-state index is 12.9. The van der Waals surface area contributed by atoms with Crippen LogP contribution in [0.4, 0.5) is 18.9 Å². The predicted octanol–water partition coefficient (Wildman–Crippen LogP) is 4.93. The summed E-state index contributed by atoms with van der Waals surface area (Å²) in [6.07, 6.45) is -4.30. The molecule has 1 aromatic heterocycles. The molecular formula is C19H13ClF3N3O2. The van der Waals surface area contributed by atoms with Crippen molar-refractivity contribution in [2.45, 2.75) is 18.5 Å². The molecule has 1 aliphatic rings. The second-order valence-electron chi connectivity index (χ2n) is 6.42. The maximum Gasteiger partial charge on any atom is 0.416 e. The predicted molar refractivity (Wildman–Crippen MR) is 95.9 cm³/mol. The van der Waals surface area contributed by atoms with Crippen molar-refractivity contribution >= 4 is 23.2 Å². The topological polar surface area (TPSA) is 59.2 Å². The highest BCUT2D eigenvalue weighted by Crippen LogP contribution is 2.34. The van der Waals surface area contributed by atoms with Gasteiger partial charge in [0.2, 0.25) is 17.6 Å². The fraction of sp³-hybridized carbons (Fsp3) is 0.211. The summed E-state index contributed by atoms with van der Waals surface area (Å²) in [4.78, 5) is 18.2. The van der Waals surface area contributed by atoms with Gasteiger partial charge in [0.05, 0.1) is 11.5 Å². The van der Waals surface area contributed by atoms with Crippen LogP contribution in [0.3, 0.4) is 0 Å². The van der Waals surface area contributed by atoms with Gasteiger partial charge in [0.1, 0.15) is 0 Å². The molecule has 2 heterocycles. The van der Waals surface area contributed by atoms with Gasteiger partial charge in [-0.15, -0.1) is 0 Å². The van der Waals surface area contributed by atoms with Gasteiger partial charge in [-0.2, -0.15) is 18.2 Å². The number of hydrogen-bond donors (Lipinski definition) is 0. The van der Waals surface area contributed by atoms with E-state index in [1.54, 1.807) is 29.2 Å². The van der Waals surface area contributed by atoms with E-state index in [0.29, 0.717) is 17.3 Å². The first-order valence-electron chi connectivity index (χ1n) is 8.38. The number of carbonyl (C=O) groups is 1. The number of amides is 1. The molecule has 3 aromatic rings. The summed E-state index contributed by atoms with van der Waals surface area (Å²) in [7, 11) is 0. The van der Waals surface area contributed by atoms with Gasteiger partial charge in [-0.3, -0.25) is 4.79 Å². The van der Waals surface area contributed by atoms with Crippen molar-refractivity contribution < 1.29 is 22.5 Å². The summed E-state index contributed by atoms with van der Waals surface area (Å²) in [5.41, 5.74) is 0.0676. The summed E-state index contributed by atoms with van der Waals surface area (Å²) in [5.74, 6) is -0.204. The average Bonchev–Trinajstić information content (AvgIpc) is 3.28. The molecule has 1 fully saturated rings. The molecule has 4 rings (SSSR count). The third kappa shape index (κ3) is 3.60. The summed E-state index contributed by atoms with van der Waals surface area (Å²) in [6, 6.07) is 11.6. The van der Waals surface area contributed by atoms with E-state index in [0.717, 1.165) is 12.1 Å².